The van der Waals surface area contributed by atoms with E-state index in [-0.39, 0.29) is 11.5 Å². The number of pyridine rings is 2. The van der Waals surface area contributed by atoms with Crippen LogP contribution < -0.4 is 14.9 Å². The first kappa shape index (κ1) is 22.4. The Bertz CT molecular complexity index is 1170. The molecule has 3 aromatic rings. The van der Waals surface area contributed by atoms with E-state index in [4.69, 9.17) is 19.2 Å². The second kappa shape index (κ2) is 9.38. The Hall–Kier alpha value is -2.78. The highest BCUT2D eigenvalue weighted by Crippen LogP contribution is 2.41. The van der Waals surface area contributed by atoms with Gasteiger partial charge in [0.25, 0.3) is 5.88 Å². The average molecular weight is 457 g/mol. The summed E-state index contributed by atoms with van der Waals surface area (Å²) in [5.74, 6) is 1.37. The fourth-order valence-electron chi connectivity index (χ4n) is 3.99. The molecule has 1 aliphatic rings. The number of methoxy groups -OCH3 is 2. The largest absolute Gasteiger partial charge is 0.488 e. The van der Waals surface area contributed by atoms with Gasteiger partial charge in [-0.3, -0.25) is 4.79 Å². The molecule has 0 aliphatic carbocycles. The molecular weight excluding hydrogens is 428 g/mol. The van der Waals surface area contributed by atoms with Gasteiger partial charge in [-0.15, -0.1) is 10.2 Å². The molecular formula is C23H28N4O4S. The molecule has 0 fully saturated rings. The molecule has 0 saturated carbocycles. The van der Waals surface area contributed by atoms with E-state index in [0.717, 1.165) is 34.8 Å². The Morgan fingerprint density at radius 2 is 2.03 bits per heavy atom. The van der Waals surface area contributed by atoms with Crippen LogP contribution in [0.25, 0.3) is 22.0 Å². The van der Waals surface area contributed by atoms with Gasteiger partial charge < -0.3 is 18.8 Å². The van der Waals surface area contributed by atoms with Crippen molar-refractivity contribution in [2.45, 2.75) is 39.7 Å². The summed E-state index contributed by atoms with van der Waals surface area (Å²) in [7, 11) is 3.24. The maximum Gasteiger partial charge on any atom is 0.257 e. The van der Waals surface area contributed by atoms with Crippen LogP contribution in [0, 0.1) is 12.8 Å². The number of rotatable bonds is 8. The molecule has 0 amide bonds. The summed E-state index contributed by atoms with van der Waals surface area (Å²) < 4.78 is 18.7. The lowest BCUT2D eigenvalue weighted by molar-refractivity contribution is 0.170. The Morgan fingerprint density at radius 1 is 1.22 bits per heavy atom. The van der Waals surface area contributed by atoms with Gasteiger partial charge in [0, 0.05) is 38.4 Å². The van der Waals surface area contributed by atoms with Crippen molar-refractivity contribution in [2.75, 3.05) is 27.4 Å². The highest BCUT2D eigenvalue weighted by molar-refractivity contribution is 7.14. The zero-order chi connectivity index (χ0) is 22.8. The van der Waals surface area contributed by atoms with Crippen molar-refractivity contribution < 1.29 is 14.2 Å². The predicted molar refractivity (Wildman–Crippen MR) is 124 cm³/mol. The molecule has 9 heteroatoms. The third-order valence-electron chi connectivity index (χ3n) is 5.61. The van der Waals surface area contributed by atoms with Crippen molar-refractivity contribution >= 4 is 11.3 Å². The van der Waals surface area contributed by atoms with Gasteiger partial charge in [0.1, 0.15) is 5.01 Å². The molecule has 4 rings (SSSR count). The number of hydrogen-bond acceptors (Lipinski definition) is 8. The maximum absolute atomic E-state index is 13.0. The van der Waals surface area contributed by atoms with Crippen LogP contribution in [0.1, 0.15) is 36.9 Å². The van der Waals surface area contributed by atoms with Gasteiger partial charge in [0.2, 0.25) is 0 Å². The van der Waals surface area contributed by atoms with Gasteiger partial charge in [-0.2, -0.15) is 0 Å². The van der Waals surface area contributed by atoms with E-state index in [2.05, 4.69) is 28.6 Å². The molecule has 3 aromatic heterocycles. The summed E-state index contributed by atoms with van der Waals surface area (Å²) in [6.45, 7) is 7.40. The minimum absolute atomic E-state index is 0.0941. The van der Waals surface area contributed by atoms with Crippen LogP contribution in [0.5, 0.6) is 11.6 Å². The highest BCUT2D eigenvalue weighted by Gasteiger charge is 2.30. The summed E-state index contributed by atoms with van der Waals surface area (Å²) in [4.78, 5) is 17.8. The van der Waals surface area contributed by atoms with Gasteiger partial charge in [-0.25, -0.2) is 4.98 Å². The number of aromatic nitrogens is 4. The van der Waals surface area contributed by atoms with Crippen LogP contribution in [0.2, 0.25) is 0 Å². The van der Waals surface area contributed by atoms with Crippen molar-refractivity contribution in [1.82, 2.24) is 19.7 Å². The Balaban J connectivity index is 1.81. The number of aryl methyl sites for hydroxylation is 1. The van der Waals surface area contributed by atoms with E-state index in [1.165, 1.54) is 11.3 Å². The minimum atomic E-state index is -0.0941. The first-order valence-electron chi connectivity index (χ1n) is 10.7. The lowest BCUT2D eigenvalue weighted by Gasteiger charge is -2.33. The lowest BCUT2D eigenvalue weighted by Crippen LogP contribution is -2.27. The van der Waals surface area contributed by atoms with Crippen LogP contribution in [0.4, 0.5) is 0 Å². The smallest absolute Gasteiger partial charge is 0.257 e. The van der Waals surface area contributed by atoms with Gasteiger partial charge >= 0.3 is 0 Å². The summed E-state index contributed by atoms with van der Waals surface area (Å²) >= 11 is 1.42. The third kappa shape index (κ3) is 4.27. The van der Waals surface area contributed by atoms with Crippen LogP contribution in [0.3, 0.4) is 0 Å². The van der Waals surface area contributed by atoms with E-state index >= 15 is 0 Å². The third-order valence-corrected chi connectivity index (χ3v) is 6.48. The molecule has 170 valence electrons. The Morgan fingerprint density at radius 3 is 2.69 bits per heavy atom. The molecule has 0 bridgehead atoms. The Kier molecular flexibility index (Phi) is 6.57. The van der Waals surface area contributed by atoms with Crippen LogP contribution in [0.15, 0.2) is 23.1 Å². The van der Waals surface area contributed by atoms with Crippen molar-refractivity contribution in [3.05, 3.63) is 39.1 Å². The van der Waals surface area contributed by atoms with E-state index in [0.29, 0.717) is 41.3 Å². The molecule has 0 radical (unpaired) electrons. The first-order chi connectivity index (χ1) is 15.4. The van der Waals surface area contributed by atoms with Gasteiger partial charge in [-0.05, 0) is 30.9 Å². The van der Waals surface area contributed by atoms with E-state index in [9.17, 15) is 4.79 Å². The summed E-state index contributed by atoms with van der Waals surface area (Å²) in [5, 5.41) is 9.73. The fraction of sp³-hybridized carbons (Fsp3) is 0.478. The molecule has 32 heavy (non-hydrogen) atoms. The van der Waals surface area contributed by atoms with Gasteiger partial charge in [-0.1, -0.05) is 25.2 Å². The fourth-order valence-corrected chi connectivity index (χ4v) is 4.70. The molecule has 8 nitrogen and oxygen atoms in total. The zero-order valence-corrected chi connectivity index (χ0v) is 19.9. The average Bonchev–Trinajstić information content (AvgIpc) is 3.21. The predicted octanol–water partition coefficient (Wildman–Crippen LogP) is 3.91. The zero-order valence-electron chi connectivity index (χ0n) is 19.0. The quantitative estimate of drug-likeness (QED) is 0.475. The minimum Gasteiger partial charge on any atom is -0.488 e. The number of ether oxygens (including phenoxy) is 3. The summed E-state index contributed by atoms with van der Waals surface area (Å²) in [6, 6.07) is 3.83. The van der Waals surface area contributed by atoms with E-state index in [1.807, 2.05) is 19.2 Å². The summed E-state index contributed by atoms with van der Waals surface area (Å²) in [5.41, 5.74) is 3.05. The van der Waals surface area contributed by atoms with Crippen molar-refractivity contribution in [1.29, 1.82) is 0 Å². The van der Waals surface area contributed by atoms with Gasteiger partial charge in [0.05, 0.1) is 30.7 Å². The van der Waals surface area contributed by atoms with E-state index in [1.54, 1.807) is 20.3 Å². The second-order valence-corrected chi connectivity index (χ2v) is 9.37. The Labute approximate surface area is 191 Å². The topological polar surface area (TPSA) is 88.4 Å². The number of hydrogen-bond donors (Lipinski definition) is 0. The lowest BCUT2D eigenvalue weighted by atomic mass is 9.89. The normalized spacial score (nSPS) is 14.9. The summed E-state index contributed by atoms with van der Waals surface area (Å²) in [6.07, 6.45) is 3.47. The van der Waals surface area contributed by atoms with Crippen molar-refractivity contribution in [3.63, 3.8) is 0 Å². The first-order valence-corrected chi connectivity index (χ1v) is 11.5. The van der Waals surface area contributed by atoms with Crippen molar-refractivity contribution in [2.24, 2.45) is 5.92 Å². The van der Waals surface area contributed by atoms with E-state index < -0.39 is 0 Å². The highest BCUT2D eigenvalue weighted by atomic mass is 32.1. The van der Waals surface area contributed by atoms with Crippen molar-refractivity contribution in [3.8, 4) is 33.6 Å². The molecule has 1 aliphatic heterocycles. The molecule has 1 unspecified atom stereocenters. The number of fused-ring (bicyclic) bond motifs is 3. The molecule has 0 saturated heterocycles. The SMILES string of the molecule is COCCCOc1cc2c(nc1OC)-c1cc(=O)c(-c3nnc(C)s3)cn1C(C(C)C)C2. The van der Waals surface area contributed by atoms with Crippen LogP contribution in [-0.4, -0.2) is 47.2 Å². The van der Waals surface area contributed by atoms with Gasteiger partial charge in [0.15, 0.2) is 16.2 Å². The molecule has 0 spiro atoms. The standard InChI is InChI=1S/C23H28N4O4S/c1-13(2)17-9-15-10-20(31-8-6-7-29-4)22(30-5)24-21(15)18-11-19(28)16(12-27(17)18)23-26-25-14(3)32-23/h10-13,17H,6-9H2,1-5H3. The van der Waals surface area contributed by atoms with Crippen LogP contribution in [-0.2, 0) is 11.2 Å². The molecule has 4 heterocycles. The number of nitrogens with zero attached hydrogens (tertiary/aromatic N) is 4. The maximum atomic E-state index is 13.0. The molecule has 1 atom stereocenters. The van der Waals surface area contributed by atoms with Crippen LogP contribution >= 0.6 is 11.3 Å². The second-order valence-electron chi connectivity index (χ2n) is 8.18. The monoisotopic (exact) mass is 456 g/mol. The molecule has 0 aromatic carbocycles. The molecule has 0 N–H and O–H groups in total.